The Kier molecular flexibility index (Phi) is 3.17. The number of ether oxygens (including phenoxy) is 1. The number of benzene rings is 1. The van der Waals surface area contributed by atoms with Crippen molar-refractivity contribution in [2.24, 2.45) is 0 Å². The molecule has 106 valence electrons. The van der Waals surface area contributed by atoms with E-state index in [1.54, 1.807) is 20.2 Å². The van der Waals surface area contributed by atoms with E-state index >= 15 is 0 Å². The summed E-state index contributed by atoms with van der Waals surface area (Å²) in [6.07, 6.45) is 1.56. The highest BCUT2D eigenvalue weighted by atomic mass is 16.5. The third-order valence-electron chi connectivity index (χ3n) is 3.42. The number of pyridine rings is 1. The predicted octanol–water partition coefficient (Wildman–Crippen LogP) is 2.61. The van der Waals surface area contributed by atoms with Crippen LogP contribution in [0, 0.1) is 13.8 Å². The van der Waals surface area contributed by atoms with Gasteiger partial charge in [0.1, 0.15) is 11.6 Å². The van der Waals surface area contributed by atoms with Gasteiger partial charge in [0, 0.05) is 11.8 Å². The molecule has 3 rings (SSSR count). The standard InChI is InChI=1S/C16H15N3O2/c1-9-5-4-6-14(21-3)15(9)13-7-12-11(8-17-13)16(20)19-10(2)18-12/h4-8H,1-3H3,(H,18,19,20). The Balaban J connectivity index is 2.30. The van der Waals surface area contributed by atoms with E-state index < -0.39 is 0 Å². The summed E-state index contributed by atoms with van der Waals surface area (Å²) in [6, 6.07) is 7.65. The highest BCUT2D eigenvalue weighted by Crippen LogP contribution is 2.32. The molecular weight excluding hydrogens is 266 g/mol. The van der Waals surface area contributed by atoms with Gasteiger partial charge in [-0.2, -0.15) is 0 Å². The number of aromatic amines is 1. The van der Waals surface area contributed by atoms with Crippen LogP contribution in [0.25, 0.3) is 22.2 Å². The molecule has 0 spiro atoms. The first-order valence-electron chi connectivity index (χ1n) is 6.61. The van der Waals surface area contributed by atoms with Gasteiger partial charge in [0.05, 0.1) is 23.7 Å². The van der Waals surface area contributed by atoms with Crippen LogP contribution in [0.1, 0.15) is 11.4 Å². The minimum absolute atomic E-state index is 0.173. The van der Waals surface area contributed by atoms with Crippen molar-refractivity contribution in [3.63, 3.8) is 0 Å². The van der Waals surface area contributed by atoms with Crippen LogP contribution in [0.15, 0.2) is 35.3 Å². The molecule has 0 aliphatic carbocycles. The quantitative estimate of drug-likeness (QED) is 0.784. The van der Waals surface area contributed by atoms with Crippen LogP contribution >= 0.6 is 0 Å². The van der Waals surface area contributed by atoms with Crippen molar-refractivity contribution in [3.05, 3.63) is 52.2 Å². The fourth-order valence-corrected chi connectivity index (χ4v) is 2.43. The van der Waals surface area contributed by atoms with E-state index in [2.05, 4.69) is 15.0 Å². The van der Waals surface area contributed by atoms with Crippen molar-refractivity contribution in [2.45, 2.75) is 13.8 Å². The topological polar surface area (TPSA) is 67.9 Å². The number of fused-ring (bicyclic) bond motifs is 1. The zero-order chi connectivity index (χ0) is 15.0. The van der Waals surface area contributed by atoms with Gasteiger partial charge in [-0.25, -0.2) is 4.98 Å². The van der Waals surface area contributed by atoms with Gasteiger partial charge < -0.3 is 9.72 Å². The number of rotatable bonds is 2. The van der Waals surface area contributed by atoms with E-state index in [4.69, 9.17) is 4.74 Å². The fraction of sp³-hybridized carbons (Fsp3) is 0.188. The van der Waals surface area contributed by atoms with E-state index in [1.807, 2.05) is 31.2 Å². The zero-order valence-electron chi connectivity index (χ0n) is 12.1. The molecule has 1 aromatic carbocycles. The molecule has 0 bridgehead atoms. The Morgan fingerprint density at radius 1 is 1.24 bits per heavy atom. The molecule has 0 atom stereocenters. The number of nitrogens with one attached hydrogen (secondary N) is 1. The second kappa shape index (κ2) is 5.01. The van der Waals surface area contributed by atoms with Crippen molar-refractivity contribution >= 4 is 10.9 Å². The average Bonchev–Trinajstić information content (AvgIpc) is 2.46. The van der Waals surface area contributed by atoms with Crippen molar-refractivity contribution in [1.29, 1.82) is 0 Å². The zero-order valence-corrected chi connectivity index (χ0v) is 12.1. The van der Waals surface area contributed by atoms with Gasteiger partial charge in [-0.1, -0.05) is 12.1 Å². The summed E-state index contributed by atoms with van der Waals surface area (Å²) >= 11 is 0. The monoisotopic (exact) mass is 281 g/mol. The molecule has 0 unspecified atom stereocenters. The van der Waals surface area contributed by atoms with Gasteiger partial charge in [-0.3, -0.25) is 9.78 Å². The van der Waals surface area contributed by atoms with Gasteiger partial charge >= 0.3 is 0 Å². The second-order valence-corrected chi connectivity index (χ2v) is 4.89. The minimum atomic E-state index is -0.173. The molecule has 0 amide bonds. The number of aromatic nitrogens is 3. The molecule has 3 aromatic rings. The third kappa shape index (κ3) is 2.27. The molecule has 5 heteroatoms. The summed E-state index contributed by atoms with van der Waals surface area (Å²) in [6.45, 7) is 3.76. The number of methoxy groups -OCH3 is 1. The largest absolute Gasteiger partial charge is 0.496 e. The summed E-state index contributed by atoms with van der Waals surface area (Å²) in [5.41, 5.74) is 3.18. The highest BCUT2D eigenvalue weighted by Gasteiger charge is 2.12. The maximum atomic E-state index is 11.9. The summed E-state index contributed by atoms with van der Waals surface area (Å²) < 4.78 is 5.41. The maximum Gasteiger partial charge on any atom is 0.260 e. The predicted molar refractivity (Wildman–Crippen MR) is 81.6 cm³/mol. The molecule has 21 heavy (non-hydrogen) atoms. The van der Waals surface area contributed by atoms with Crippen LogP contribution in [-0.4, -0.2) is 22.1 Å². The number of hydrogen-bond donors (Lipinski definition) is 1. The van der Waals surface area contributed by atoms with E-state index in [-0.39, 0.29) is 5.56 Å². The van der Waals surface area contributed by atoms with E-state index in [0.29, 0.717) is 16.7 Å². The van der Waals surface area contributed by atoms with Crippen LogP contribution in [0.5, 0.6) is 5.75 Å². The lowest BCUT2D eigenvalue weighted by molar-refractivity contribution is 0.416. The van der Waals surface area contributed by atoms with Crippen molar-refractivity contribution < 1.29 is 4.74 Å². The Morgan fingerprint density at radius 2 is 2.05 bits per heavy atom. The normalized spacial score (nSPS) is 10.8. The van der Waals surface area contributed by atoms with Crippen LogP contribution in [0.3, 0.4) is 0 Å². The Bertz CT molecular complexity index is 884. The number of nitrogens with zero attached hydrogens (tertiary/aromatic N) is 2. The number of hydrogen-bond acceptors (Lipinski definition) is 4. The molecule has 2 heterocycles. The van der Waals surface area contributed by atoms with Crippen LogP contribution < -0.4 is 10.3 Å². The molecule has 0 radical (unpaired) electrons. The minimum Gasteiger partial charge on any atom is -0.496 e. The first-order chi connectivity index (χ1) is 10.1. The molecule has 0 aliphatic heterocycles. The highest BCUT2D eigenvalue weighted by molar-refractivity contribution is 5.83. The maximum absolute atomic E-state index is 11.9. The van der Waals surface area contributed by atoms with E-state index in [1.165, 1.54) is 0 Å². The lowest BCUT2D eigenvalue weighted by atomic mass is 10.0. The molecule has 0 aliphatic rings. The van der Waals surface area contributed by atoms with Gasteiger partial charge in [0.15, 0.2) is 0 Å². The summed E-state index contributed by atoms with van der Waals surface area (Å²) in [5.74, 6) is 1.34. The van der Waals surface area contributed by atoms with Crippen LogP contribution in [-0.2, 0) is 0 Å². The summed E-state index contributed by atoms with van der Waals surface area (Å²) in [5, 5.41) is 0.483. The Morgan fingerprint density at radius 3 is 2.81 bits per heavy atom. The Hall–Kier alpha value is -2.69. The van der Waals surface area contributed by atoms with Crippen LogP contribution in [0.2, 0.25) is 0 Å². The lowest BCUT2D eigenvalue weighted by Gasteiger charge is -2.11. The molecule has 5 nitrogen and oxygen atoms in total. The summed E-state index contributed by atoms with van der Waals surface area (Å²) in [4.78, 5) is 23.3. The fourth-order valence-electron chi connectivity index (χ4n) is 2.43. The van der Waals surface area contributed by atoms with Gasteiger partial charge in [0.2, 0.25) is 0 Å². The first-order valence-corrected chi connectivity index (χ1v) is 6.61. The van der Waals surface area contributed by atoms with Crippen molar-refractivity contribution in [3.8, 4) is 17.0 Å². The lowest BCUT2D eigenvalue weighted by Crippen LogP contribution is -2.10. The van der Waals surface area contributed by atoms with Crippen LogP contribution in [0.4, 0.5) is 0 Å². The van der Waals surface area contributed by atoms with E-state index in [9.17, 15) is 4.79 Å². The van der Waals surface area contributed by atoms with Gasteiger partial charge in [-0.05, 0) is 31.5 Å². The number of H-pyrrole nitrogens is 1. The first kappa shape index (κ1) is 13.3. The summed E-state index contributed by atoms with van der Waals surface area (Å²) in [7, 11) is 1.63. The second-order valence-electron chi connectivity index (χ2n) is 4.89. The Labute approximate surface area is 121 Å². The smallest absolute Gasteiger partial charge is 0.260 e. The molecule has 1 N–H and O–H groups in total. The van der Waals surface area contributed by atoms with Gasteiger partial charge in [0.25, 0.3) is 5.56 Å². The molecule has 0 fully saturated rings. The van der Waals surface area contributed by atoms with Gasteiger partial charge in [-0.15, -0.1) is 0 Å². The van der Waals surface area contributed by atoms with Crippen molar-refractivity contribution in [1.82, 2.24) is 15.0 Å². The van der Waals surface area contributed by atoms with E-state index in [0.717, 1.165) is 22.6 Å². The SMILES string of the molecule is COc1cccc(C)c1-c1cc2nc(C)[nH]c(=O)c2cn1. The molecule has 0 saturated carbocycles. The average molecular weight is 281 g/mol. The molecular formula is C16H15N3O2. The van der Waals surface area contributed by atoms with Crippen molar-refractivity contribution in [2.75, 3.05) is 7.11 Å². The molecule has 0 saturated heterocycles. The number of aryl methyl sites for hydroxylation is 2. The molecule has 2 aromatic heterocycles. The third-order valence-corrected chi connectivity index (χ3v) is 3.42.